The Morgan fingerprint density at radius 2 is 2.00 bits per heavy atom. The van der Waals surface area contributed by atoms with Crippen LogP contribution >= 0.6 is 0 Å². The molecule has 5 rings (SSSR count). The van der Waals surface area contributed by atoms with Crippen molar-refractivity contribution in [1.82, 2.24) is 19.4 Å². The smallest absolute Gasteiger partial charge is 0.154 e. The summed E-state index contributed by atoms with van der Waals surface area (Å²) in [6, 6.07) is 10.4. The fourth-order valence-corrected chi connectivity index (χ4v) is 4.28. The lowest BCUT2D eigenvalue weighted by Gasteiger charge is -2.25. The van der Waals surface area contributed by atoms with Gasteiger partial charge in [-0.1, -0.05) is 6.42 Å². The van der Waals surface area contributed by atoms with E-state index in [2.05, 4.69) is 32.6 Å². The van der Waals surface area contributed by atoms with Crippen molar-refractivity contribution in [3.05, 3.63) is 48.5 Å². The average Bonchev–Trinajstić information content (AvgIpc) is 3.32. The molecule has 0 bridgehead atoms. The molecule has 1 saturated carbocycles. The van der Waals surface area contributed by atoms with E-state index >= 15 is 0 Å². The molecule has 0 saturated heterocycles. The Morgan fingerprint density at radius 3 is 2.78 bits per heavy atom. The molecule has 6 nitrogen and oxygen atoms in total. The van der Waals surface area contributed by atoms with E-state index in [1.807, 2.05) is 24.5 Å². The first-order valence-electron chi connectivity index (χ1n) is 9.49. The van der Waals surface area contributed by atoms with Crippen molar-refractivity contribution in [1.29, 1.82) is 0 Å². The zero-order valence-electron chi connectivity index (χ0n) is 15.4. The highest BCUT2D eigenvalue weighted by atomic mass is 16.5. The monoisotopic (exact) mass is 361 g/mol. The van der Waals surface area contributed by atoms with Gasteiger partial charge in [0.05, 0.1) is 30.0 Å². The van der Waals surface area contributed by atoms with Crippen LogP contribution in [0, 0.1) is 0 Å². The molecule has 4 aromatic rings. The standard InChI is InChI=1S/C21H23N5O/c1-27-16-7-5-13(6-8-16)19-18-12-24-20-17(9-10-23-20)26(18)21(25-19)14-3-2-4-15(22)11-14/h5-10,12,14-15,23H,2-4,11,22H2,1H3. The second-order valence-corrected chi connectivity index (χ2v) is 7.36. The van der Waals surface area contributed by atoms with E-state index in [1.165, 1.54) is 0 Å². The maximum absolute atomic E-state index is 6.28. The van der Waals surface area contributed by atoms with Gasteiger partial charge in [0.1, 0.15) is 11.6 Å². The minimum absolute atomic E-state index is 0.254. The van der Waals surface area contributed by atoms with Crippen LogP contribution in [-0.4, -0.2) is 32.5 Å². The molecule has 3 aromatic heterocycles. The highest BCUT2D eigenvalue weighted by molar-refractivity contribution is 5.84. The predicted octanol–water partition coefficient (Wildman–Crippen LogP) is 3.87. The first-order valence-corrected chi connectivity index (χ1v) is 9.49. The maximum Gasteiger partial charge on any atom is 0.154 e. The zero-order chi connectivity index (χ0) is 18.4. The van der Waals surface area contributed by atoms with Crippen LogP contribution in [0.3, 0.4) is 0 Å². The minimum atomic E-state index is 0.254. The molecule has 27 heavy (non-hydrogen) atoms. The number of aromatic amines is 1. The molecule has 0 amide bonds. The van der Waals surface area contributed by atoms with Gasteiger partial charge in [0.2, 0.25) is 0 Å². The summed E-state index contributed by atoms with van der Waals surface area (Å²) in [6.07, 6.45) is 8.21. The maximum atomic E-state index is 6.28. The highest BCUT2D eigenvalue weighted by Crippen LogP contribution is 2.36. The van der Waals surface area contributed by atoms with E-state index in [4.69, 9.17) is 15.5 Å². The zero-order valence-corrected chi connectivity index (χ0v) is 15.4. The topological polar surface area (TPSA) is 81.2 Å². The first kappa shape index (κ1) is 16.3. The molecule has 6 heteroatoms. The van der Waals surface area contributed by atoms with Gasteiger partial charge in [-0.2, -0.15) is 0 Å². The Labute approximate surface area is 157 Å². The third-order valence-electron chi connectivity index (χ3n) is 5.64. The van der Waals surface area contributed by atoms with Crippen molar-refractivity contribution in [3.8, 4) is 17.0 Å². The van der Waals surface area contributed by atoms with Gasteiger partial charge in [0.25, 0.3) is 0 Å². The Balaban J connectivity index is 1.74. The average molecular weight is 361 g/mol. The van der Waals surface area contributed by atoms with Crippen molar-refractivity contribution in [3.63, 3.8) is 0 Å². The Bertz CT molecular complexity index is 1100. The number of fused-ring (bicyclic) bond motifs is 3. The number of nitrogens with two attached hydrogens (primary N) is 1. The van der Waals surface area contributed by atoms with E-state index in [1.54, 1.807) is 7.11 Å². The Kier molecular flexibility index (Phi) is 3.86. The van der Waals surface area contributed by atoms with Gasteiger partial charge >= 0.3 is 0 Å². The lowest BCUT2D eigenvalue weighted by atomic mass is 9.85. The van der Waals surface area contributed by atoms with Crippen molar-refractivity contribution in [2.24, 2.45) is 5.73 Å². The first-order chi connectivity index (χ1) is 13.2. The molecule has 138 valence electrons. The fourth-order valence-electron chi connectivity index (χ4n) is 4.28. The summed E-state index contributed by atoms with van der Waals surface area (Å²) in [6.45, 7) is 0. The molecule has 2 unspecified atom stereocenters. The summed E-state index contributed by atoms with van der Waals surface area (Å²) in [7, 11) is 1.68. The quantitative estimate of drug-likeness (QED) is 0.580. The summed E-state index contributed by atoms with van der Waals surface area (Å²) in [5.41, 5.74) is 11.3. The van der Waals surface area contributed by atoms with Gasteiger partial charge in [-0.3, -0.25) is 4.40 Å². The SMILES string of the molecule is COc1ccc(-c2nc(C3CCCC(N)C3)n3c2cnc2[nH]ccc23)cc1. The van der Waals surface area contributed by atoms with Gasteiger partial charge in [-0.15, -0.1) is 0 Å². The number of hydrogen-bond donors (Lipinski definition) is 2. The van der Waals surface area contributed by atoms with Gasteiger partial charge in [0.15, 0.2) is 5.65 Å². The van der Waals surface area contributed by atoms with Crippen LogP contribution in [-0.2, 0) is 0 Å². The molecule has 0 spiro atoms. The van der Waals surface area contributed by atoms with E-state index in [0.717, 1.165) is 65.2 Å². The number of rotatable bonds is 3. The summed E-state index contributed by atoms with van der Waals surface area (Å²) < 4.78 is 7.56. The molecule has 1 aliphatic carbocycles. The normalized spacial score (nSPS) is 20.4. The van der Waals surface area contributed by atoms with Gasteiger partial charge in [0, 0.05) is 23.7 Å². The summed E-state index contributed by atoms with van der Waals surface area (Å²) in [5.74, 6) is 2.30. The molecule has 0 radical (unpaired) electrons. The predicted molar refractivity (Wildman–Crippen MR) is 106 cm³/mol. The van der Waals surface area contributed by atoms with Gasteiger partial charge in [-0.25, -0.2) is 9.97 Å². The van der Waals surface area contributed by atoms with E-state index in [9.17, 15) is 0 Å². The molecule has 1 aromatic carbocycles. The molecular formula is C21H23N5O. The van der Waals surface area contributed by atoms with Crippen molar-refractivity contribution in [2.75, 3.05) is 7.11 Å². The number of nitrogens with one attached hydrogen (secondary N) is 1. The number of benzene rings is 1. The summed E-state index contributed by atoms with van der Waals surface area (Å²) >= 11 is 0. The largest absolute Gasteiger partial charge is 0.497 e. The molecule has 2 atom stereocenters. The number of aromatic nitrogens is 4. The van der Waals surface area contributed by atoms with Crippen LogP contribution in [0.5, 0.6) is 5.75 Å². The fraction of sp³-hybridized carbons (Fsp3) is 0.333. The lowest BCUT2D eigenvalue weighted by Crippen LogP contribution is -2.27. The van der Waals surface area contributed by atoms with E-state index in [-0.39, 0.29) is 6.04 Å². The molecular weight excluding hydrogens is 338 g/mol. The number of nitrogens with zero attached hydrogens (tertiary/aromatic N) is 3. The number of methoxy groups -OCH3 is 1. The van der Waals surface area contributed by atoms with Crippen LogP contribution in [0.1, 0.15) is 37.4 Å². The third kappa shape index (κ3) is 2.68. The molecule has 3 N–H and O–H groups in total. The van der Waals surface area contributed by atoms with Gasteiger partial charge in [-0.05, 0) is 49.6 Å². The van der Waals surface area contributed by atoms with Crippen LogP contribution in [0.2, 0.25) is 0 Å². The molecule has 3 heterocycles. The van der Waals surface area contributed by atoms with E-state index in [0.29, 0.717) is 5.92 Å². The van der Waals surface area contributed by atoms with Crippen LogP contribution in [0.25, 0.3) is 27.9 Å². The molecule has 1 aliphatic rings. The number of hydrogen-bond acceptors (Lipinski definition) is 4. The Hall–Kier alpha value is -2.86. The lowest BCUT2D eigenvalue weighted by molar-refractivity contribution is 0.382. The molecule has 1 fully saturated rings. The Morgan fingerprint density at radius 1 is 1.15 bits per heavy atom. The third-order valence-corrected chi connectivity index (χ3v) is 5.64. The summed E-state index contributed by atoms with van der Waals surface area (Å²) in [4.78, 5) is 12.9. The van der Waals surface area contributed by atoms with Crippen molar-refractivity contribution >= 4 is 16.7 Å². The van der Waals surface area contributed by atoms with Crippen LogP contribution in [0.4, 0.5) is 0 Å². The van der Waals surface area contributed by atoms with Crippen LogP contribution in [0.15, 0.2) is 42.7 Å². The summed E-state index contributed by atoms with van der Waals surface area (Å²) in [5, 5.41) is 0. The minimum Gasteiger partial charge on any atom is -0.497 e. The second-order valence-electron chi connectivity index (χ2n) is 7.36. The number of ether oxygens (including phenoxy) is 1. The number of imidazole rings is 1. The number of H-pyrrole nitrogens is 1. The van der Waals surface area contributed by atoms with Gasteiger partial charge < -0.3 is 15.5 Å². The second kappa shape index (κ2) is 6.39. The highest BCUT2D eigenvalue weighted by Gasteiger charge is 2.27. The van der Waals surface area contributed by atoms with E-state index < -0.39 is 0 Å². The van der Waals surface area contributed by atoms with Crippen molar-refractivity contribution < 1.29 is 4.74 Å². The molecule has 0 aliphatic heterocycles. The van der Waals surface area contributed by atoms with Crippen molar-refractivity contribution in [2.45, 2.75) is 37.6 Å². The van der Waals surface area contributed by atoms with Crippen LogP contribution < -0.4 is 10.5 Å².